The molecule has 1 aliphatic rings. The first kappa shape index (κ1) is 16.4. The highest BCUT2D eigenvalue weighted by Gasteiger charge is 2.21. The highest BCUT2D eigenvalue weighted by Crippen LogP contribution is 2.20. The fourth-order valence-corrected chi connectivity index (χ4v) is 2.54. The van der Waals surface area contributed by atoms with Gasteiger partial charge in [0.15, 0.2) is 0 Å². The summed E-state index contributed by atoms with van der Waals surface area (Å²) in [4.78, 5) is 24.3. The molecular formula is C16H20FNO4. The van der Waals surface area contributed by atoms with Crippen LogP contribution in [0.5, 0.6) is 0 Å². The molecule has 0 aliphatic heterocycles. The van der Waals surface area contributed by atoms with Crippen LogP contribution in [0.25, 0.3) is 0 Å². The summed E-state index contributed by atoms with van der Waals surface area (Å²) in [6.45, 7) is -0.386. The number of rotatable bonds is 7. The van der Waals surface area contributed by atoms with Crippen molar-refractivity contribution < 1.29 is 23.8 Å². The minimum absolute atomic E-state index is 0.0986. The van der Waals surface area contributed by atoms with E-state index < -0.39 is 12.5 Å². The Morgan fingerprint density at radius 2 is 1.86 bits per heavy atom. The molecule has 0 atom stereocenters. The summed E-state index contributed by atoms with van der Waals surface area (Å²) < 4.78 is 18.4. The van der Waals surface area contributed by atoms with Crippen molar-refractivity contribution in [2.24, 2.45) is 0 Å². The number of halogens is 1. The fourth-order valence-electron chi connectivity index (χ4n) is 2.54. The van der Waals surface area contributed by atoms with E-state index in [1.54, 1.807) is 0 Å². The van der Waals surface area contributed by atoms with E-state index in [1.807, 2.05) is 0 Å². The average molecular weight is 309 g/mol. The molecular weight excluding hydrogens is 289 g/mol. The zero-order chi connectivity index (χ0) is 15.9. The Labute approximate surface area is 128 Å². The predicted molar refractivity (Wildman–Crippen MR) is 77.7 cm³/mol. The van der Waals surface area contributed by atoms with Crippen molar-refractivity contribution in [1.82, 2.24) is 4.90 Å². The number of nitrogens with zero attached hydrogens (tertiary/aromatic N) is 1. The molecule has 1 aromatic rings. The summed E-state index contributed by atoms with van der Waals surface area (Å²) in [5, 5.41) is 8.94. The Morgan fingerprint density at radius 3 is 2.45 bits per heavy atom. The first-order chi connectivity index (χ1) is 10.5. The highest BCUT2D eigenvalue weighted by atomic mass is 19.1. The van der Waals surface area contributed by atoms with Gasteiger partial charge in [-0.05, 0) is 30.5 Å². The first-order valence-corrected chi connectivity index (χ1v) is 7.40. The van der Waals surface area contributed by atoms with Crippen LogP contribution in [0, 0.1) is 5.82 Å². The number of aliphatic carboxylic acids is 1. The van der Waals surface area contributed by atoms with Gasteiger partial charge in [0.25, 0.3) is 0 Å². The molecule has 6 heteroatoms. The van der Waals surface area contributed by atoms with Crippen molar-refractivity contribution in [2.45, 2.75) is 38.3 Å². The molecule has 0 bridgehead atoms. The second-order valence-corrected chi connectivity index (χ2v) is 5.49. The molecule has 0 saturated heterocycles. The van der Waals surface area contributed by atoms with Gasteiger partial charge in [-0.25, -0.2) is 4.39 Å². The maximum Gasteiger partial charge on any atom is 0.323 e. The number of carboxylic acid groups (broad SMARTS) is 1. The lowest BCUT2D eigenvalue weighted by molar-refractivity contribution is -0.148. The first-order valence-electron chi connectivity index (χ1n) is 7.40. The smallest absolute Gasteiger partial charge is 0.323 e. The van der Waals surface area contributed by atoms with Crippen LogP contribution in [0.2, 0.25) is 0 Å². The number of carboxylic acids is 1. The molecule has 5 nitrogen and oxygen atoms in total. The van der Waals surface area contributed by atoms with Crippen LogP contribution in [0.4, 0.5) is 4.39 Å². The molecule has 1 aliphatic carbocycles. The molecule has 0 radical (unpaired) electrons. The summed E-state index contributed by atoms with van der Waals surface area (Å²) in [5.74, 6) is -1.82. The number of hydrogen-bond donors (Lipinski definition) is 1. The van der Waals surface area contributed by atoms with Crippen LogP contribution >= 0.6 is 0 Å². The molecule has 1 N–H and O–H groups in total. The van der Waals surface area contributed by atoms with E-state index >= 15 is 0 Å². The lowest BCUT2D eigenvalue weighted by Crippen LogP contribution is -2.38. The van der Waals surface area contributed by atoms with E-state index in [-0.39, 0.29) is 31.0 Å². The lowest BCUT2D eigenvalue weighted by atomic mass is 10.2. The molecule has 0 aromatic heterocycles. The largest absolute Gasteiger partial charge is 0.480 e. The van der Waals surface area contributed by atoms with Crippen LogP contribution in [-0.4, -0.2) is 41.1 Å². The normalized spacial score (nSPS) is 15.0. The van der Waals surface area contributed by atoms with Crippen molar-refractivity contribution in [1.29, 1.82) is 0 Å². The highest BCUT2D eigenvalue weighted by molar-refractivity contribution is 5.82. The molecule has 22 heavy (non-hydrogen) atoms. The van der Waals surface area contributed by atoms with E-state index in [2.05, 4.69) is 0 Å². The Bertz CT molecular complexity index is 511. The van der Waals surface area contributed by atoms with Crippen LogP contribution in [0.15, 0.2) is 24.3 Å². The van der Waals surface area contributed by atoms with Gasteiger partial charge in [-0.15, -0.1) is 0 Å². The fraction of sp³-hybridized carbons (Fsp3) is 0.500. The molecule has 1 fully saturated rings. The van der Waals surface area contributed by atoms with E-state index in [1.165, 1.54) is 29.2 Å². The maximum absolute atomic E-state index is 12.9. The van der Waals surface area contributed by atoms with Crippen LogP contribution in [0.1, 0.15) is 31.2 Å². The van der Waals surface area contributed by atoms with Crippen molar-refractivity contribution >= 4 is 11.9 Å². The minimum Gasteiger partial charge on any atom is -0.480 e. The molecule has 2 rings (SSSR count). The van der Waals surface area contributed by atoms with Gasteiger partial charge >= 0.3 is 5.97 Å². The van der Waals surface area contributed by atoms with Gasteiger partial charge in [0.2, 0.25) is 5.91 Å². The summed E-state index contributed by atoms with van der Waals surface area (Å²) in [5.41, 5.74) is 0.678. The molecule has 120 valence electrons. The zero-order valence-electron chi connectivity index (χ0n) is 12.3. The lowest BCUT2D eigenvalue weighted by Gasteiger charge is -2.22. The minimum atomic E-state index is -1.09. The Hall–Kier alpha value is -1.95. The molecule has 1 aromatic carbocycles. The van der Waals surface area contributed by atoms with Gasteiger partial charge < -0.3 is 14.7 Å². The van der Waals surface area contributed by atoms with E-state index in [4.69, 9.17) is 9.84 Å². The summed E-state index contributed by atoms with van der Waals surface area (Å²) in [6.07, 6.45) is 4.20. The molecule has 0 unspecified atom stereocenters. The van der Waals surface area contributed by atoms with Gasteiger partial charge in [0.05, 0.1) is 6.10 Å². The third-order valence-electron chi connectivity index (χ3n) is 3.71. The van der Waals surface area contributed by atoms with E-state index in [0.29, 0.717) is 5.56 Å². The Kier molecular flexibility index (Phi) is 5.89. The van der Waals surface area contributed by atoms with Crippen LogP contribution < -0.4 is 0 Å². The monoisotopic (exact) mass is 309 g/mol. The van der Waals surface area contributed by atoms with Gasteiger partial charge in [-0.3, -0.25) is 9.59 Å². The Balaban J connectivity index is 1.93. The van der Waals surface area contributed by atoms with Crippen molar-refractivity contribution in [3.63, 3.8) is 0 Å². The summed E-state index contributed by atoms with van der Waals surface area (Å²) in [7, 11) is 0. The number of amides is 1. The zero-order valence-corrected chi connectivity index (χ0v) is 12.3. The number of hydrogen-bond acceptors (Lipinski definition) is 3. The molecule has 1 saturated carbocycles. The maximum atomic E-state index is 12.9. The molecule has 0 heterocycles. The topological polar surface area (TPSA) is 66.8 Å². The quantitative estimate of drug-likeness (QED) is 0.838. The molecule has 0 spiro atoms. The van der Waals surface area contributed by atoms with Crippen molar-refractivity contribution in [2.75, 3.05) is 13.2 Å². The van der Waals surface area contributed by atoms with Crippen molar-refractivity contribution in [3.8, 4) is 0 Å². The second kappa shape index (κ2) is 7.89. The number of benzene rings is 1. The molecule has 1 amide bonds. The number of carbonyl (C=O) groups excluding carboxylic acids is 1. The summed E-state index contributed by atoms with van der Waals surface area (Å²) in [6, 6.07) is 5.64. The predicted octanol–water partition coefficient (Wildman–Crippen LogP) is 2.20. The Morgan fingerprint density at radius 1 is 1.23 bits per heavy atom. The van der Waals surface area contributed by atoms with Gasteiger partial charge in [-0.2, -0.15) is 0 Å². The van der Waals surface area contributed by atoms with Gasteiger partial charge in [-0.1, -0.05) is 25.0 Å². The van der Waals surface area contributed by atoms with E-state index in [9.17, 15) is 14.0 Å². The van der Waals surface area contributed by atoms with Gasteiger partial charge in [0.1, 0.15) is 19.0 Å². The number of carbonyl (C=O) groups is 2. The third-order valence-corrected chi connectivity index (χ3v) is 3.71. The standard InChI is InChI=1S/C16H20FNO4/c17-13-7-5-12(6-8-13)9-18(10-16(20)21)15(19)11-22-14-3-1-2-4-14/h5-8,14H,1-4,9-11H2,(H,20,21). The van der Waals surface area contributed by atoms with Crippen LogP contribution in [-0.2, 0) is 20.9 Å². The SMILES string of the molecule is O=C(O)CN(Cc1ccc(F)cc1)C(=O)COC1CCCC1. The van der Waals surface area contributed by atoms with Crippen molar-refractivity contribution in [3.05, 3.63) is 35.6 Å². The van der Waals surface area contributed by atoms with Gasteiger partial charge in [0, 0.05) is 6.54 Å². The second-order valence-electron chi connectivity index (χ2n) is 5.49. The summed E-state index contributed by atoms with van der Waals surface area (Å²) >= 11 is 0. The third kappa shape index (κ3) is 5.11. The number of ether oxygens (including phenoxy) is 1. The van der Waals surface area contributed by atoms with E-state index in [0.717, 1.165) is 25.7 Å². The van der Waals surface area contributed by atoms with Crippen LogP contribution in [0.3, 0.4) is 0 Å². The average Bonchev–Trinajstić information content (AvgIpc) is 2.99.